The molecule has 0 bridgehead atoms. The highest BCUT2D eigenvalue weighted by molar-refractivity contribution is 5.94. The Kier molecular flexibility index (Phi) is 5.38. The lowest BCUT2D eigenvalue weighted by Gasteiger charge is -2.18. The number of carbonyl (C=O) groups excluding carboxylic acids is 1. The van der Waals surface area contributed by atoms with Crippen LogP contribution in [0.25, 0.3) is 11.2 Å². The molecule has 11 nitrogen and oxygen atoms in total. The summed E-state index contributed by atoms with van der Waals surface area (Å²) in [6.45, 7) is 1.01. The van der Waals surface area contributed by atoms with Crippen molar-refractivity contribution in [2.75, 3.05) is 26.2 Å². The number of rotatable bonds is 5. The van der Waals surface area contributed by atoms with E-state index in [9.17, 15) is 19.5 Å². The fourth-order valence-electron chi connectivity index (χ4n) is 3.93. The lowest BCUT2D eigenvalue weighted by Crippen LogP contribution is -2.38. The zero-order valence-corrected chi connectivity index (χ0v) is 17.3. The first kappa shape index (κ1) is 20.8. The first-order valence-corrected chi connectivity index (χ1v) is 9.86. The van der Waals surface area contributed by atoms with Crippen LogP contribution in [0.4, 0.5) is 0 Å². The van der Waals surface area contributed by atoms with Gasteiger partial charge >= 0.3 is 5.69 Å². The number of nitrogens with zero attached hydrogens (tertiary/aromatic N) is 5. The summed E-state index contributed by atoms with van der Waals surface area (Å²) in [7, 11) is 2.93. The Balaban J connectivity index is 1.64. The number of likely N-dealkylation sites (tertiary alicyclic amines) is 1. The molecule has 3 heterocycles. The Morgan fingerprint density at radius 3 is 2.77 bits per heavy atom. The molecule has 0 saturated carbocycles. The van der Waals surface area contributed by atoms with E-state index in [0.29, 0.717) is 30.1 Å². The number of aromatic nitrogens is 4. The standard InChI is InChI=1S/C20H24N6O5/c1-23-17-16(19(29)24(2)20(23)30)22-11-26(17)14-9-25(10-15(14)27)18(28)12-4-3-5-13(8-12)31-7-6-21/h3-5,8,11,14-15,27H,6-7,9-10,21H2,1-2H3/t14-,15-/m1/s1. The number of aliphatic hydroxyl groups is 1. The fourth-order valence-corrected chi connectivity index (χ4v) is 3.93. The number of fused-ring (bicyclic) bond motifs is 1. The van der Waals surface area contributed by atoms with Crippen LogP contribution in [-0.2, 0) is 14.1 Å². The summed E-state index contributed by atoms with van der Waals surface area (Å²) in [5, 5.41) is 10.7. The number of amides is 1. The smallest absolute Gasteiger partial charge is 0.332 e. The van der Waals surface area contributed by atoms with Crippen molar-refractivity contribution in [1.29, 1.82) is 0 Å². The molecule has 1 aliphatic heterocycles. The molecule has 1 amide bonds. The Morgan fingerprint density at radius 2 is 2.03 bits per heavy atom. The molecule has 3 aromatic rings. The van der Waals surface area contributed by atoms with Gasteiger partial charge in [-0.2, -0.15) is 0 Å². The summed E-state index contributed by atoms with van der Waals surface area (Å²) in [5.41, 5.74) is 5.32. The molecule has 0 unspecified atom stereocenters. The number of benzene rings is 1. The van der Waals surface area contributed by atoms with Gasteiger partial charge in [0.15, 0.2) is 5.52 Å². The number of hydrogen-bond acceptors (Lipinski definition) is 7. The fraction of sp³-hybridized carbons (Fsp3) is 0.400. The largest absolute Gasteiger partial charge is 0.492 e. The van der Waals surface area contributed by atoms with Gasteiger partial charge in [0, 0.05) is 39.3 Å². The van der Waals surface area contributed by atoms with Gasteiger partial charge in [-0.05, 0) is 18.2 Å². The minimum Gasteiger partial charge on any atom is -0.492 e. The van der Waals surface area contributed by atoms with Gasteiger partial charge in [-0.25, -0.2) is 9.78 Å². The van der Waals surface area contributed by atoms with Crippen molar-refractivity contribution in [3.8, 4) is 5.75 Å². The zero-order chi connectivity index (χ0) is 22.3. The van der Waals surface area contributed by atoms with E-state index >= 15 is 0 Å². The van der Waals surface area contributed by atoms with Crippen LogP contribution in [0, 0.1) is 0 Å². The highest BCUT2D eigenvalue weighted by Crippen LogP contribution is 2.27. The monoisotopic (exact) mass is 428 g/mol. The number of ether oxygens (including phenoxy) is 1. The number of aryl methyl sites for hydroxylation is 1. The quantitative estimate of drug-likeness (QED) is 0.522. The highest BCUT2D eigenvalue weighted by atomic mass is 16.5. The third-order valence-corrected chi connectivity index (χ3v) is 5.54. The van der Waals surface area contributed by atoms with E-state index in [4.69, 9.17) is 10.5 Å². The Labute approximate surface area is 176 Å². The molecule has 0 aliphatic carbocycles. The lowest BCUT2D eigenvalue weighted by molar-refractivity contribution is 0.0764. The molecular formula is C20H24N6O5. The molecule has 1 saturated heterocycles. The molecule has 1 aliphatic rings. The second-order valence-corrected chi connectivity index (χ2v) is 7.54. The van der Waals surface area contributed by atoms with Gasteiger partial charge in [0.25, 0.3) is 11.5 Å². The third-order valence-electron chi connectivity index (χ3n) is 5.54. The van der Waals surface area contributed by atoms with Crippen molar-refractivity contribution in [1.82, 2.24) is 23.6 Å². The number of β-amino-alcohol motifs (C(OH)–C–C–N with tert-alkyl or cyclic N) is 1. The van der Waals surface area contributed by atoms with Crippen LogP contribution in [0.1, 0.15) is 16.4 Å². The third kappa shape index (κ3) is 3.51. The molecule has 31 heavy (non-hydrogen) atoms. The number of hydrogen-bond donors (Lipinski definition) is 2. The normalized spacial score (nSPS) is 18.6. The summed E-state index contributed by atoms with van der Waals surface area (Å²) < 4.78 is 9.38. The second-order valence-electron chi connectivity index (χ2n) is 7.54. The molecule has 0 spiro atoms. The molecule has 3 N–H and O–H groups in total. The molecular weight excluding hydrogens is 404 g/mol. The summed E-state index contributed by atoms with van der Waals surface area (Å²) in [4.78, 5) is 43.5. The van der Waals surface area contributed by atoms with Crippen molar-refractivity contribution in [3.63, 3.8) is 0 Å². The van der Waals surface area contributed by atoms with E-state index in [1.54, 1.807) is 35.9 Å². The Hall–Kier alpha value is -3.44. The maximum Gasteiger partial charge on any atom is 0.332 e. The predicted octanol–water partition coefficient (Wildman–Crippen LogP) is -1.17. The molecule has 164 valence electrons. The van der Waals surface area contributed by atoms with Crippen molar-refractivity contribution < 1.29 is 14.6 Å². The predicted molar refractivity (Wildman–Crippen MR) is 112 cm³/mol. The summed E-state index contributed by atoms with van der Waals surface area (Å²) in [6.07, 6.45) is 0.534. The average Bonchev–Trinajstić information content (AvgIpc) is 3.38. The van der Waals surface area contributed by atoms with E-state index in [1.807, 2.05) is 0 Å². The minimum atomic E-state index is -0.891. The first-order chi connectivity index (χ1) is 14.8. The SMILES string of the molecule is Cn1c(=O)c2ncn([C@@H]3CN(C(=O)c4cccc(OCCN)c4)C[C@H]3O)c2n(C)c1=O. The van der Waals surface area contributed by atoms with Crippen LogP contribution in [-0.4, -0.2) is 66.9 Å². The van der Waals surface area contributed by atoms with Gasteiger partial charge in [0.1, 0.15) is 18.0 Å². The van der Waals surface area contributed by atoms with Gasteiger partial charge in [-0.3, -0.25) is 18.7 Å². The van der Waals surface area contributed by atoms with Crippen molar-refractivity contribution in [3.05, 3.63) is 57.0 Å². The lowest BCUT2D eigenvalue weighted by atomic mass is 10.2. The second kappa shape index (κ2) is 8.00. The molecule has 0 radical (unpaired) electrons. The van der Waals surface area contributed by atoms with Crippen molar-refractivity contribution >= 4 is 17.1 Å². The number of nitrogens with two attached hydrogens (primary N) is 1. The van der Waals surface area contributed by atoms with Crippen LogP contribution in [0.3, 0.4) is 0 Å². The van der Waals surface area contributed by atoms with E-state index in [2.05, 4.69) is 4.98 Å². The summed E-state index contributed by atoms with van der Waals surface area (Å²) in [6, 6.07) is 6.23. The molecule has 1 fully saturated rings. The van der Waals surface area contributed by atoms with Gasteiger partial charge in [0.2, 0.25) is 0 Å². The van der Waals surface area contributed by atoms with E-state index < -0.39 is 23.4 Å². The van der Waals surface area contributed by atoms with Crippen molar-refractivity contribution in [2.45, 2.75) is 12.1 Å². The zero-order valence-electron chi connectivity index (χ0n) is 17.3. The maximum absolute atomic E-state index is 13.0. The van der Waals surface area contributed by atoms with Crippen LogP contribution < -0.4 is 21.7 Å². The van der Waals surface area contributed by atoms with Crippen LogP contribution in [0.2, 0.25) is 0 Å². The van der Waals surface area contributed by atoms with Crippen LogP contribution in [0.5, 0.6) is 5.75 Å². The number of imidazole rings is 1. The Bertz CT molecular complexity index is 1260. The van der Waals surface area contributed by atoms with Gasteiger partial charge in [-0.1, -0.05) is 6.07 Å². The summed E-state index contributed by atoms with van der Waals surface area (Å²) in [5.74, 6) is 0.285. The topological polar surface area (TPSA) is 138 Å². The van der Waals surface area contributed by atoms with Gasteiger partial charge in [0.05, 0.1) is 18.5 Å². The molecule has 2 aromatic heterocycles. The van der Waals surface area contributed by atoms with Crippen LogP contribution >= 0.6 is 0 Å². The van der Waals surface area contributed by atoms with E-state index in [1.165, 1.54) is 22.8 Å². The summed E-state index contributed by atoms with van der Waals surface area (Å²) >= 11 is 0. The number of aliphatic hydroxyl groups excluding tert-OH is 1. The molecule has 2 atom stereocenters. The van der Waals surface area contributed by atoms with Gasteiger partial charge < -0.3 is 25.0 Å². The maximum atomic E-state index is 13.0. The van der Waals surface area contributed by atoms with E-state index in [0.717, 1.165) is 4.57 Å². The Morgan fingerprint density at radius 1 is 1.26 bits per heavy atom. The number of carbonyl (C=O) groups is 1. The minimum absolute atomic E-state index is 0.107. The average molecular weight is 428 g/mol. The molecule has 11 heteroatoms. The van der Waals surface area contributed by atoms with Crippen LogP contribution in [0.15, 0.2) is 40.2 Å². The van der Waals surface area contributed by atoms with Gasteiger partial charge in [-0.15, -0.1) is 0 Å². The van der Waals surface area contributed by atoms with Crippen molar-refractivity contribution in [2.24, 2.45) is 19.8 Å². The van der Waals surface area contributed by atoms with E-state index in [-0.39, 0.29) is 24.5 Å². The first-order valence-electron chi connectivity index (χ1n) is 9.86. The highest BCUT2D eigenvalue weighted by Gasteiger charge is 2.37. The molecule has 1 aromatic carbocycles. The molecule has 4 rings (SSSR count).